The molecule has 0 spiro atoms. The van der Waals surface area contributed by atoms with Gasteiger partial charge in [0.05, 0.1) is 28.9 Å². The number of fused-ring (bicyclic) bond motifs is 1. The fourth-order valence-electron chi connectivity index (χ4n) is 4.52. The van der Waals surface area contributed by atoms with Crippen molar-refractivity contribution in [1.82, 2.24) is 20.5 Å². The largest absolute Gasteiger partial charge is 0.474 e. The minimum absolute atomic E-state index is 0.00496. The number of hydrogen-bond acceptors (Lipinski definition) is 7. The Hall–Kier alpha value is -3.95. The van der Waals surface area contributed by atoms with Crippen molar-refractivity contribution in [3.05, 3.63) is 59.4 Å². The molecule has 2 saturated carbocycles. The topological polar surface area (TPSA) is 121 Å². The lowest BCUT2D eigenvalue weighted by molar-refractivity contribution is -0.129. The summed E-state index contributed by atoms with van der Waals surface area (Å²) in [7, 11) is 0. The molecule has 0 amide bonds. The number of Topliss-reactive ketones (excluding diaryl/α,β-unsaturated/α-hetero) is 1. The summed E-state index contributed by atoms with van der Waals surface area (Å²) in [6, 6.07) is 14.0. The molecule has 2 fully saturated rings. The molecule has 2 heterocycles. The van der Waals surface area contributed by atoms with Gasteiger partial charge in [-0.1, -0.05) is 31.2 Å². The first-order valence-corrected chi connectivity index (χ1v) is 11.8. The average molecular weight is 472 g/mol. The smallest absolute Gasteiger partial charge is 0.214 e. The summed E-state index contributed by atoms with van der Waals surface area (Å²) < 4.78 is 5.99. The molecule has 5 rings (SSSR count). The number of H-pyrrole nitrogens is 1. The van der Waals surface area contributed by atoms with Crippen LogP contribution in [0, 0.1) is 18.3 Å². The van der Waals surface area contributed by atoms with Crippen molar-refractivity contribution >= 4 is 22.8 Å². The summed E-state index contributed by atoms with van der Waals surface area (Å²) in [4.78, 5) is 27.0. The van der Waals surface area contributed by atoms with Crippen LogP contribution in [0.1, 0.15) is 57.1 Å². The number of carbonyl (C=O) groups is 1. The molecule has 2 aromatic heterocycles. The normalized spacial score (nSPS) is 21.4. The van der Waals surface area contributed by atoms with Gasteiger partial charge in [-0.25, -0.2) is 9.78 Å². The van der Waals surface area contributed by atoms with Gasteiger partial charge in [0.25, 0.3) is 0 Å². The number of nitrogens with one attached hydrogen (secondary N) is 2. The van der Waals surface area contributed by atoms with Crippen molar-refractivity contribution in [2.45, 2.75) is 69.9 Å². The maximum absolute atomic E-state index is 12.4. The second-order valence-electron chi connectivity index (χ2n) is 9.31. The van der Waals surface area contributed by atoms with E-state index < -0.39 is 11.0 Å². The minimum atomic E-state index is -0.428. The molecule has 1 aromatic carbocycles. The first kappa shape index (κ1) is 24.2. The molecule has 0 radical (unpaired) electrons. The van der Waals surface area contributed by atoms with Crippen molar-refractivity contribution in [2.75, 3.05) is 0 Å². The second kappa shape index (κ2) is 9.73. The molecule has 180 valence electrons. The Kier molecular flexibility index (Phi) is 6.72. The van der Waals surface area contributed by atoms with Crippen molar-refractivity contribution in [3.8, 4) is 11.9 Å². The van der Waals surface area contributed by atoms with Crippen LogP contribution in [0.3, 0.4) is 0 Å². The number of ether oxygens (including phenoxy) is 1. The van der Waals surface area contributed by atoms with Gasteiger partial charge in [0, 0.05) is 18.9 Å². The Morgan fingerprint density at radius 2 is 2.00 bits per heavy atom. The highest BCUT2D eigenvalue weighted by Crippen LogP contribution is 2.47. The second-order valence-corrected chi connectivity index (χ2v) is 9.31. The van der Waals surface area contributed by atoms with Crippen molar-refractivity contribution in [3.63, 3.8) is 0 Å². The van der Waals surface area contributed by atoms with Gasteiger partial charge in [-0.3, -0.25) is 9.89 Å². The fourth-order valence-corrected chi connectivity index (χ4v) is 4.52. The van der Waals surface area contributed by atoms with Crippen LogP contribution >= 0.6 is 0 Å². The van der Waals surface area contributed by atoms with Crippen LogP contribution < -0.4 is 10.1 Å². The van der Waals surface area contributed by atoms with E-state index in [0.29, 0.717) is 30.8 Å². The molecule has 0 atom stereocenters. The van der Waals surface area contributed by atoms with Gasteiger partial charge < -0.3 is 10.1 Å². The number of aryl methyl sites for hydroxylation is 1. The summed E-state index contributed by atoms with van der Waals surface area (Å²) in [5.74, 6) is 2.57. The molecule has 8 nitrogen and oxygen atoms in total. The number of benzene rings is 1. The molecular formula is C27H29N5O3. The average Bonchev–Trinajstić information content (AvgIpc) is 3.46. The van der Waals surface area contributed by atoms with Crippen molar-refractivity contribution < 1.29 is 14.3 Å². The van der Waals surface area contributed by atoms with E-state index in [4.69, 9.17) is 10.00 Å². The Morgan fingerprint density at radius 3 is 2.60 bits per heavy atom. The number of aromatic nitrogens is 3. The third-order valence-electron chi connectivity index (χ3n) is 6.88. The van der Waals surface area contributed by atoms with Crippen LogP contribution in [-0.4, -0.2) is 38.5 Å². The van der Waals surface area contributed by atoms with E-state index in [-0.39, 0.29) is 11.9 Å². The molecule has 2 N–H and O–H groups in total. The van der Waals surface area contributed by atoms with Crippen LogP contribution in [0.25, 0.3) is 11.0 Å². The quantitative estimate of drug-likeness (QED) is 0.498. The molecule has 2 aliphatic carbocycles. The van der Waals surface area contributed by atoms with Crippen LogP contribution in [0.5, 0.6) is 5.88 Å². The van der Waals surface area contributed by atoms with E-state index in [0.717, 1.165) is 35.0 Å². The Labute approximate surface area is 204 Å². The van der Waals surface area contributed by atoms with Crippen LogP contribution in [0.2, 0.25) is 0 Å². The van der Waals surface area contributed by atoms with Crippen LogP contribution in [0.4, 0.5) is 0 Å². The SMILES string of the molecule is CC(=O)C1(c2ccccc2C)CC(Oc2ccc3[nH]ncc3n2)C1.CCC(=C=O)NC1(C#N)CC1. The minimum Gasteiger partial charge on any atom is -0.474 e. The van der Waals surface area contributed by atoms with E-state index in [1.807, 2.05) is 31.2 Å². The monoisotopic (exact) mass is 471 g/mol. The van der Waals surface area contributed by atoms with E-state index in [9.17, 15) is 9.59 Å². The molecule has 0 saturated heterocycles. The number of allylic oxidation sites excluding steroid dienone is 1. The number of nitriles is 1. The van der Waals surface area contributed by atoms with Gasteiger partial charge in [0.2, 0.25) is 5.88 Å². The lowest BCUT2D eigenvalue weighted by Gasteiger charge is -2.46. The van der Waals surface area contributed by atoms with Gasteiger partial charge >= 0.3 is 0 Å². The number of carbonyl (C=O) groups excluding carboxylic acids is 2. The number of aromatic amines is 1. The Balaban J connectivity index is 0.000000221. The number of ketones is 1. The lowest BCUT2D eigenvalue weighted by atomic mass is 9.59. The predicted octanol–water partition coefficient (Wildman–Crippen LogP) is 4.09. The van der Waals surface area contributed by atoms with Crippen molar-refractivity contribution in [2.24, 2.45) is 0 Å². The summed E-state index contributed by atoms with van der Waals surface area (Å²) in [5.41, 5.74) is 3.60. The molecular weight excluding hydrogens is 442 g/mol. The molecule has 35 heavy (non-hydrogen) atoms. The van der Waals surface area contributed by atoms with Gasteiger partial charge in [-0.15, -0.1) is 0 Å². The molecule has 0 aliphatic heterocycles. The maximum atomic E-state index is 12.4. The molecule has 0 bridgehead atoms. The zero-order chi connectivity index (χ0) is 25.1. The van der Waals surface area contributed by atoms with E-state index in [1.165, 1.54) is 0 Å². The number of nitrogens with zero attached hydrogens (tertiary/aromatic N) is 3. The third-order valence-corrected chi connectivity index (χ3v) is 6.88. The summed E-state index contributed by atoms with van der Waals surface area (Å²) >= 11 is 0. The standard InChI is InChI=1S/C19H19N3O2.C8H10N2O/c1-12-5-3-4-6-15(12)19(13(2)23)9-14(10-19)24-18-8-7-16-17(21-18)11-20-22-16;1-2-7(5-11)10-8(6-9)3-4-8/h3-8,11,14H,9-10H2,1-2H3,(H,20,22);10H,2-4H2,1H3. The first-order valence-electron chi connectivity index (χ1n) is 11.8. The van der Waals surface area contributed by atoms with Gasteiger partial charge in [-0.05, 0) is 50.3 Å². The summed E-state index contributed by atoms with van der Waals surface area (Å²) in [6.45, 7) is 5.60. The van der Waals surface area contributed by atoms with E-state index in [1.54, 1.807) is 19.1 Å². The number of pyridine rings is 1. The highest BCUT2D eigenvalue weighted by molar-refractivity contribution is 5.89. The van der Waals surface area contributed by atoms with E-state index >= 15 is 0 Å². The Morgan fingerprint density at radius 1 is 1.26 bits per heavy atom. The predicted molar refractivity (Wildman–Crippen MR) is 131 cm³/mol. The maximum Gasteiger partial charge on any atom is 0.214 e. The summed E-state index contributed by atoms with van der Waals surface area (Å²) in [6.07, 6.45) is 5.37. The molecule has 8 heteroatoms. The zero-order valence-electron chi connectivity index (χ0n) is 20.2. The van der Waals surface area contributed by atoms with Gasteiger partial charge in [0.1, 0.15) is 28.9 Å². The van der Waals surface area contributed by atoms with Gasteiger partial charge in [-0.2, -0.15) is 10.4 Å². The van der Waals surface area contributed by atoms with Gasteiger partial charge in [0.15, 0.2) is 0 Å². The first-order chi connectivity index (χ1) is 16.8. The fraction of sp³-hybridized carbons (Fsp3) is 0.407. The Bertz CT molecular complexity index is 1320. The van der Waals surface area contributed by atoms with Crippen molar-refractivity contribution in [1.29, 1.82) is 5.26 Å². The molecule has 2 aliphatic rings. The van der Waals surface area contributed by atoms with Crippen LogP contribution in [-0.2, 0) is 15.0 Å². The summed E-state index contributed by atoms with van der Waals surface area (Å²) in [5, 5.41) is 18.4. The van der Waals surface area contributed by atoms with E-state index in [2.05, 4.69) is 45.6 Å². The zero-order valence-corrected chi connectivity index (χ0v) is 20.2. The highest BCUT2D eigenvalue weighted by atomic mass is 16.5. The third kappa shape index (κ3) is 4.96. The highest BCUT2D eigenvalue weighted by Gasteiger charge is 2.51. The molecule has 3 aromatic rings. The number of hydrogen-bond donors (Lipinski definition) is 2. The number of rotatable bonds is 7. The molecule has 0 unspecified atom stereocenters. The van der Waals surface area contributed by atoms with Crippen LogP contribution in [0.15, 0.2) is 48.3 Å². The lowest BCUT2D eigenvalue weighted by Crippen LogP contribution is -2.52.